The summed E-state index contributed by atoms with van der Waals surface area (Å²) < 4.78 is 37.6. The topological polar surface area (TPSA) is 24.9 Å². The van der Waals surface area contributed by atoms with Gasteiger partial charge in [-0.15, -0.1) is 11.6 Å². The summed E-state index contributed by atoms with van der Waals surface area (Å²) in [5.41, 5.74) is -1.32. The highest BCUT2D eigenvalue weighted by atomic mass is 35.5. The van der Waals surface area contributed by atoms with Gasteiger partial charge in [-0.3, -0.25) is 0 Å². The van der Waals surface area contributed by atoms with E-state index in [9.17, 15) is 13.2 Å². The van der Waals surface area contributed by atoms with Crippen LogP contribution in [-0.2, 0) is 6.18 Å². The molecule has 102 valence electrons. The Morgan fingerprint density at radius 3 is 2.28 bits per heavy atom. The maximum absolute atomic E-state index is 12.5. The van der Waals surface area contributed by atoms with Crippen LogP contribution in [0.25, 0.3) is 0 Å². The van der Waals surface area contributed by atoms with Crippen LogP contribution in [0.3, 0.4) is 0 Å². The fraction of sp³-hybridized carbons (Fsp3) is 0.583. The molecule has 2 nitrogen and oxygen atoms in total. The summed E-state index contributed by atoms with van der Waals surface area (Å²) in [5, 5.41) is 3.01. The molecule has 6 heteroatoms. The Labute approximate surface area is 110 Å². The van der Waals surface area contributed by atoms with E-state index >= 15 is 0 Å². The Bertz CT molecular complexity index is 381. The Balaban J connectivity index is 2.98. The molecule has 18 heavy (non-hydrogen) atoms. The van der Waals surface area contributed by atoms with Gasteiger partial charge in [-0.1, -0.05) is 19.9 Å². The molecule has 0 spiro atoms. The number of aromatic nitrogens is 1. The molecule has 0 amide bonds. The first-order valence-corrected chi connectivity index (χ1v) is 6.28. The quantitative estimate of drug-likeness (QED) is 0.813. The Morgan fingerprint density at radius 1 is 1.22 bits per heavy atom. The number of anilines is 1. The first kappa shape index (κ1) is 15.1. The smallest absolute Gasteiger partial charge is 0.363 e. The van der Waals surface area contributed by atoms with Crippen LogP contribution in [0.1, 0.15) is 32.4 Å². The minimum Gasteiger partial charge on any atom is -0.363 e. The third-order valence-electron chi connectivity index (χ3n) is 3.04. The molecule has 0 saturated heterocycles. The summed E-state index contributed by atoms with van der Waals surface area (Å²) in [6.45, 7) is 3.87. The molecule has 0 aliphatic rings. The largest absolute Gasteiger partial charge is 0.433 e. The average Bonchev–Trinajstić information content (AvgIpc) is 2.35. The van der Waals surface area contributed by atoms with Gasteiger partial charge in [0.2, 0.25) is 0 Å². The molecule has 0 fully saturated rings. The van der Waals surface area contributed by atoms with Crippen LogP contribution in [0.5, 0.6) is 0 Å². The second kappa shape index (κ2) is 5.78. The molecular weight excluding hydrogens is 265 g/mol. The van der Waals surface area contributed by atoms with Crippen LogP contribution >= 0.6 is 11.6 Å². The number of alkyl halides is 4. The molecular formula is C12H16ClF3N2. The average molecular weight is 281 g/mol. The van der Waals surface area contributed by atoms with Crippen molar-refractivity contribution in [2.45, 2.75) is 38.4 Å². The molecule has 1 aromatic heterocycles. The molecule has 1 N–H and O–H groups in total. The zero-order valence-corrected chi connectivity index (χ0v) is 11.1. The molecule has 0 aliphatic carbocycles. The molecule has 1 heterocycles. The number of hydrogen-bond acceptors (Lipinski definition) is 2. The first-order valence-electron chi connectivity index (χ1n) is 5.75. The fourth-order valence-electron chi connectivity index (χ4n) is 1.58. The van der Waals surface area contributed by atoms with Crippen LogP contribution in [0, 0.1) is 0 Å². The first-order chi connectivity index (χ1) is 8.37. The number of nitrogens with zero attached hydrogens (tertiary/aromatic N) is 1. The summed E-state index contributed by atoms with van der Waals surface area (Å²) >= 11 is 5.89. The van der Waals surface area contributed by atoms with Gasteiger partial charge in [0.1, 0.15) is 11.5 Å². The van der Waals surface area contributed by atoms with E-state index in [4.69, 9.17) is 11.6 Å². The van der Waals surface area contributed by atoms with Gasteiger partial charge in [0.25, 0.3) is 0 Å². The molecule has 0 saturated carbocycles. The van der Waals surface area contributed by atoms with Gasteiger partial charge >= 0.3 is 6.18 Å². The van der Waals surface area contributed by atoms with Crippen molar-refractivity contribution in [3.05, 3.63) is 23.9 Å². The van der Waals surface area contributed by atoms with E-state index in [0.717, 1.165) is 6.07 Å². The summed E-state index contributed by atoms with van der Waals surface area (Å²) in [7, 11) is 0. The normalized spacial score (nSPS) is 12.6. The lowest BCUT2D eigenvalue weighted by molar-refractivity contribution is -0.141. The van der Waals surface area contributed by atoms with Crippen molar-refractivity contribution >= 4 is 17.4 Å². The summed E-state index contributed by atoms with van der Waals surface area (Å²) in [6, 6.07) is 3.80. The molecule has 1 aromatic rings. The van der Waals surface area contributed by atoms with Gasteiger partial charge in [0.15, 0.2) is 0 Å². The number of halogens is 4. The maximum Gasteiger partial charge on any atom is 0.433 e. The number of pyridine rings is 1. The fourth-order valence-corrected chi connectivity index (χ4v) is 2.03. The van der Waals surface area contributed by atoms with Gasteiger partial charge in [-0.2, -0.15) is 13.2 Å². The van der Waals surface area contributed by atoms with Gasteiger partial charge < -0.3 is 5.32 Å². The maximum atomic E-state index is 12.5. The van der Waals surface area contributed by atoms with Gasteiger partial charge in [0, 0.05) is 5.88 Å². The van der Waals surface area contributed by atoms with Crippen molar-refractivity contribution in [3.8, 4) is 0 Å². The molecule has 0 radical (unpaired) electrons. The van der Waals surface area contributed by atoms with Gasteiger partial charge in [-0.25, -0.2) is 4.98 Å². The van der Waals surface area contributed by atoms with Crippen molar-refractivity contribution in [3.63, 3.8) is 0 Å². The lowest BCUT2D eigenvalue weighted by Gasteiger charge is -2.31. The predicted octanol–water partition coefficient (Wildman–Crippen LogP) is 4.31. The highest BCUT2D eigenvalue weighted by molar-refractivity contribution is 6.18. The zero-order chi connectivity index (χ0) is 13.8. The van der Waals surface area contributed by atoms with Crippen molar-refractivity contribution in [1.29, 1.82) is 0 Å². The van der Waals surface area contributed by atoms with E-state index in [2.05, 4.69) is 10.3 Å². The van der Waals surface area contributed by atoms with E-state index in [0.29, 0.717) is 18.7 Å². The summed E-state index contributed by atoms with van der Waals surface area (Å²) in [5.74, 6) is 0.520. The van der Waals surface area contributed by atoms with E-state index in [1.54, 1.807) is 0 Å². The minimum absolute atomic E-state index is 0.203. The van der Waals surface area contributed by atoms with Crippen LogP contribution in [0.4, 0.5) is 19.0 Å². The lowest BCUT2D eigenvalue weighted by Crippen LogP contribution is -2.39. The zero-order valence-electron chi connectivity index (χ0n) is 10.3. The van der Waals surface area contributed by atoms with E-state index in [1.165, 1.54) is 12.1 Å². The Hall–Kier alpha value is -0.970. The number of nitrogens with one attached hydrogen (secondary N) is 1. The lowest BCUT2D eigenvalue weighted by atomic mass is 9.95. The van der Waals surface area contributed by atoms with Crippen LogP contribution < -0.4 is 5.32 Å². The van der Waals surface area contributed by atoms with E-state index < -0.39 is 17.4 Å². The predicted molar refractivity (Wildman–Crippen MR) is 66.9 cm³/mol. The van der Waals surface area contributed by atoms with Crippen molar-refractivity contribution in [2.75, 3.05) is 11.2 Å². The van der Waals surface area contributed by atoms with Gasteiger partial charge in [0.05, 0.1) is 5.54 Å². The third kappa shape index (κ3) is 3.51. The Kier molecular flexibility index (Phi) is 4.85. The van der Waals surface area contributed by atoms with E-state index in [1.807, 2.05) is 13.8 Å². The number of hydrogen-bond donors (Lipinski definition) is 1. The third-order valence-corrected chi connectivity index (χ3v) is 3.55. The Morgan fingerprint density at radius 2 is 1.83 bits per heavy atom. The van der Waals surface area contributed by atoms with Gasteiger partial charge in [-0.05, 0) is 25.0 Å². The summed E-state index contributed by atoms with van der Waals surface area (Å²) in [4.78, 5) is 3.58. The standard InChI is InChI=1S/C12H16ClF3N2/c1-3-11(4-2,8-13)18-10-7-5-6-9(17-10)12(14,15)16/h5-7H,3-4,8H2,1-2H3,(H,17,18). The van der Waals surface area contributed by atoms with Crippen molar-refractivity contribution < 1.29 is 13.2 Å². The van der Waals surface area contributed by atoms with Crippen molar-refractivity contribution in [1.82, 2.24) is 4.98 Å². The molecule has 0 bridgehead atoms. The highest BCUT2D eigenvalue weighted by Crippen LogP contribution is 2.29. The SMILES string of the molecule is CCC(CC)(CCl)Nc1cccc(C(F)(F)F)n1. The van der Waals surface area contributed by atoms with Crippen LogP contribution in [0.15, 0.2) is 18.2 Å². The van der Waals surface area contributed by atoms with Crippen LogP contribution in [-0.4, -0.2) is 16.4 Å². The molecule has 0 aliphatic heterocycles. The minimum atomic E-state index is -4.43. The second-order valence-corrected chi connectivity index (χ2v) is 4.42. The summed E-state index contributed by atoms with van der Waals surface area (Å²) in [6.07, 6.45) is -3.00. The molecule has 0 aromatic carbocycles. The highest BCUT2D eigenvalue weighted by Gasteiger charge is 2.33. The van der Waals surface area contributed by atoms with Crippen LogP contribution in [0.2, 0.25) is 0 Å². The number of rotatable bonds is 5. The van der Waals surface area contributed by atoms with E-state index in [-0.39, 0.29) is 5.82 Å². The second-order valence-electron chi connectivity index (χ2n) is 4.15. The van der Waals surface area contributed by atoms with Crippen molar-refractivity contribution in [2.24, 2.45) is 0 Å². The molecule has 0 atom stereocenters. The monoisotopic (exact) mass is 280 g/mol. The molecule has 0 unspecified atom stereocenters. The molecule has 1 rings (SSSR count).